The highest BCUT2D eigenvalue weighted by Gasteiger charge is 2.34. The number of hydrogen-bond donors (Lipinski definition) is 2. The minimum atomic E-state index is -1.06. The molecule has 0 saturated carbocycles. The summed E-state index contributed by atoms with van der Waals surface area (Å²) >= 11 is 5.40. The fourth-order valence-electron chi connectivity index (χ4n) is 3.47. The van der Waals surface area contributed by atoms with Crippen molar-refractivity contribution in [2.24, 2.45) is 5.10 Å². The molecule has 1 aromatic heterocycles. The number of aromatic amines is 1. The van der Waals surface area contributed by atoms with Gasteiger partial charge in [-0.25, -0.2) is 14.5 Å². The molecule has 0 spiro atoms. The van der Waals surface area contributed by atoms with Crippen LogP contribution in [-0.4, -0.2) is 49.6 Å². The van der Waals surface area contributed by atoms with Crippen LogP contribution in [-0.2, 0) is 4.79 Å². The van der Waals surface area contributed by atoms with E-state index in [-0.39, 0.29) is 28.7 Å². The van der Waals surface area contributed by atoms with Crippen LogP contribution in [0.2, 0.25) is 0 Å². The molecule has 4 rings (SSSR count). The maximum absolute atomic E-state index is 13.0. The summed E-state index contributed by atoms with van der Waals surface area (Å²) in [6.45, 7) is 5.66. The molecule has 2 heterocycles. The maximum atomic E-state index is 13.0. The van der Waals surface area contributed by atoms with Crippen LogP contribution < -0.4 is 10.5 Å². The number of thiocarbonyl (C=S) groups is 1. The average molecular weight is 464 g/mol. The lowest BCUT2D eigenvalue weighted by Crippen LogP contribution is -2.31. The highest BCUT2D eigenvalue weighted by Crippen LogP contribution is 2.22. The number of carboxylic acids is 1. The fourth-order valence-corrected chi connectivity index (χ4v) is 3.79. The Bertz CT molecular complexity index is 1370. The number of carboxylic acid groups (broad SMARTS) is 1. The van der Waals surface area contributed by atoms with E-state index in [4.69, 9.17) is 17.3 Å². The van der Waals surface area contributed by atoms with Gasteiger partial charge >= 0.3 is 5.97 Å². The molecule has 168 valence electrons. The Morgan fingerprint density at radius 3 is 2.36 bits per heavy atom. The number of amides is 1. The van der Waals surface area contributed by atoms with Crippen LogP contribution in [0.1, 0.15) is 32.7 Å². The molecule has 0 radical (unpaired) electrons. The highest BCUT2D eigenvalue weighted by atomic mass is 32.1. The largest absolute Gasteiger partial charge is 0.478 e. The van der Waals surface area contributed by atoms with E-state index < -0.39 is 5.97 Å². The van der Waals surface area contributed by atoms with Crippen molar-refractivity contribution in [1.29, 1.82) is 0 Å². The van der Waals surface area contributed by atoms with E-state index in [2.05, 4.69) is 10.2 Å². The van der Waals surface area contributed by atoms with E-state index in [1.807, 2.05) is 32.0 Å². The predicted octanol–water partition coefficient (Wildman–Crippen LogP) is 2.76. The van der Waals surface area contributed by atoms with Crippen molar-refractivity contribution in [3.63, 3.8) is 0 Å². The Kier molecular flexibility index (Phi) is 5.69. The summed E-state index contributed by atoms with van der Waals surface area (Å²) in [4.78, 5) is 37.9. The van der Waals surface area contributed by atoms with Crippen molar-refractivity contribution in [1.82, 2.24) is 14.8 Å². The number of anilines is 1. The highest BCUT2D eigenvalue weighted by molar-refractivity contribution is 7.80. The van der Waals surface area contributed by atoms with Crippen LogP contribution in [0.3, 0.4) is 0 Å². The zero-order valence-corrected chi connectivity index (χ0v) is 19.0. The first kappa shape index (κ1) is 22.2. The Labute approximate surface area is 194 Å². The summed E-state index contributed by atoms with van der Waals surface area (Å²) in [6.07, 6.45) is 1.39. The normalized spacial score (nSPS) is 14.0. The van der Waals surface area contributed by atoms with E-state index in [1.165, 1.54) is 45.1 Å². The van der Waals surface area contributed by atoms with Gasteiger partial charge in [0.15, 0.2) is 0 Å². The van der Waals surface area contributed by atoms with Crippen molar-refractivity contribution in [3.05, 3.63) is 80.8 Å². The first-order chi connectivity index (χ1) is 15.7. The van der Waals surface area contributed by atoms with Crippen LogP contribution in [0.5, 0.6) is 0 Å². The zero-order chi connectivity index (χ0) is 23.9. The third-order valence-electron chi connectivity index (χ3n) is 5.51. The topological polar surface area (TPSA) is 111 Å². The van der Waals surface area contributed by atoms with Crippen LogP contribution >= 0.6 is 12.2 Å². The monoisotopic (exact) mass is 463 g/mol. The van der Waals surface area contributed by atoms with E-state index in [9.17, 15) is 14.4 Å². The number of hydrogen-bond acceptors (Lipinski definition) is 5. The molecule has 10 heteroatoms. The molecule has 1 amide bonds. The summed E-state index contributed by atoms with van der Waals surface area (Å²) < 4.78 is 1.45. The number of aryl methyl sites for hydroxylation is 3. The van der Waals surface area contributed by atoms with Crippen LogP contribution in [0.15, 0.2) is 52.4 Å². The van der Waals surface area contributed by atoms with Crippen molar-refractivity contribution >= 4 is 41.1 Å². The number of aromatic carboxylic acids is 1. The third kappa shape index (κ3) is 4.08. The minimum Gasteiger partial charge on any atom is -0.478 e. The van der Waals surface area contributed by atoms with Crippen LogP contribution in [0.25, 0.3) is 5.69 Å². The lowest BCUT2D eigenvalue weighted by Gasteiger charge is -2.16. The molecular formula is C23H21N5O4S. The van der Waals surface area contributed by atoms with Crippen molar-refractivity contribution < 1.29 is 14.7 Å². The van der Waals surface area contributed by atoms with Gasteiger partial charge in [-0.2, -0.15) is 5.10 Å². The van der Waals surface area contributed by atoms with Gasteiger partial charge in [0.1, 0.15) is 6.54 Å². The molecule has 33 heavy (non-hydrogen) atoms. The smallest absolute Gasteiger partial charge is 0.335 e. The summed E-state index contributed by atoms with van der Waals surface area (Å²) in [5.74, 6) is -1.37. The first-order valence-electron chi connectivity index (χ1n) is 10.1. The quantitative estimate of drug-likeness (QED) is 0.445. The van der Waals surface area contributed by atoms with Gasteiger partial charge in [-0.05, 0) is 80.5 Å². The fraction of sp³-hybridized carbons (Fsp3) is 0.174. The molecule has 2 N–H and O–H groups in total. The van der Waals surface area contributed by atoms with Gasteiger partial charge < -0.3 is 5.11 Å². The number of nitrogens with zero attached hydrogens (tertiary/aromatic N) is 4. The molecule has 0 bridgehead atoms. The molecule has 0 atom stereocenters. The average Bonchev–Trinajstić information content (AvgIpc) is 3.22. The third-order valence-corrected chi connectivity index (χ3v) is 5.90. The lowest BCUT2D eigenvalue weighted by molar-refractivity contribution is -0.116. The number of carbonyl (C=O) groups is 2. The Morgan fingerprint density at radius 2 is 1.73 bits per heavy atom. The second kappa shape index (κ2) is 8.47. The maximum Gasteiger partial charge on any atom is 0.335 e. The number of carbonyl (C=O) groups excluding carboxylic acids is 1. The van der Waals surface area contributed by atoms with Gasteiger partial charge in [-0.1, -0.05) is 6.07 Å². The molecular weight excluding hydrogens is 442 g/mol. The van der Waals surface area contributed by atoms with Crippen molar-refractivity contribution in [2.45, 2.75) is 20.8 Å². The molecule has 1 aliphatic heterocycles. The van der Waals surface area contributed by atoms with Crippen LogP contribution in [0, 0.1) is 20.8 Å². The molecule has 9 nitrogen and oxygen atoms in total. The number of H-pyrrole nitrogens is 1. The summed E-state index contributed by atoms with van der Waals surface area (Å²) in [5.41, 5.74) is 4.18. The Morgan fingerprint density at radius 1 is 1.06 bits per heavy atom. The van der Waals surface area contributed by atoms with Gasteiger partial charge in [-0.15, -0.1) is 0 Å². The SMILES string of the molecule is Cc1ccc(-n2[nH]c(C)c(C=NN3CC(=O)N(c4ccc(C(=O)O)cc4)C3=S)c2=O)cc1C. The van der Waals surface area contributed by atoms with E-state index in [0.29, 0.717) is 22.6 Å². The molecule has 2 aromatic carbocycles. The van der Waals surface area contributed by atoms with E-state index in [1.54, 1.807) is 6.92 Å². The Balaban J connectivity index is 1.58. The second-order valence-corrected chi connectivity index (χ2v) is 8.09. The number of aromatic nitrogens is 2. The minimum absolute atomic E-state index is 0.0924. The summed E-state index contributed by atoms with van der Waals surface area (Å²) in [5, 5.41) is 17.9. The number of benzene rings is 2. The molecule has 0 unspecified atom stereocenters. The molecule has 1 fully saturated rings. The van der Waals surface area contributed by atoms with Gasteiger partial charge in [0.25, 0.3) is 11.5 Å². The van der Waals surface area contributed by atoms with Gasteiger partial charge in [-0.3, -0.25) is 19.6 Å². The van der Waals surface area contributed by atoms with Gasteiger partial charge in [0.05, 0.1) is 28.7 Å². The standard InChI is InChI=1S/C23H21N5O4S/c1-13-4-7-18(10-14(13)2)28-21(30)19(15(3)25-28)11-24-26-12-20(29)27(23(26)33)17-8-5-16(6-9-17)22(31)32/h4-11,25H,12H2,1-3H3,(H,31,32). The number of rotatable bonds is 5. The molecule has 1 aliphatic rings. The summed E-state index contributed by atoms with van der Waals surface area (Å²) in [6, 6.07) is 11.6. The van der Waals surface area contributed by atoms with Crippen molar-refractivity contribution in [3.8, 4) is 5.69 Å². The lowest BCUT2D eigenvalue weighted by atomic mass is 10.1. The molecule has 0 aliphatic carbocycles. The number of nitrogens with one attached hydrogen (secondary N) is 1. The van der Waals surface area contributed by atoms with Crippen LogP contribution in [0.4, 0.5) is 5.69 Å². The summed E-state index contributed by atoms with van der Waals surface area (Å²) in [7, 11) is 0. The first-order valence-corrected chi connectivity index (χ1v) is 10.5. The van der Waals surface area contributed by atoms with E-state index >= 15 is 0 Å². The van der Waals surface area contributed by atoms with Gasteiger partial charge in [0.2, 0.25) is 5.11 Å². The Hall–Kier alpha value is -4.05. The second-order valence-electron chi connectivity index (χ2n) is 7.73. The molecule has 1 saturated heterocycles. The zero-order valence-electron chi connectivity index (χ0n) is 18.2. The van der Waals surface area contributed by atoms with E-state index in [0.717, 1.165) is 11.1 Å². The van der Waals surface area contributed by atoms with Gasteiger partial charge in [0, 0.05) is 5.69 Å². The molecule has 3 aromatic rings. The number of hydrazone groups is 1. The predicted molar refractivity (Wildman–Crippen MR) is 128 cm³/mol. The van der Waals surface area contributed by atoms with Crippen molar-refractivity contribution in [2.75, 3.05) is 11.4 Å².